The molecule has 1 N–H and O–H groups in total. The third kappa shape index (κ3) is 2.82. The monoisotopic (exact) mass is 302 g/mol. The molecule has 1 heterocycles. The minimum atomic E-state index is 0.0632. The smallest absolute Gasteiger partial charge is 0.262 e. The van der Waals surface area contributed by atoms with Crippen LogP contribution in [0.5, 0.6) is 0 Å². The van der Waals surface area contributed by atoms with E-state index in [1.807, 2.05) is 28.8 Å². The maximum atomic E-state index is 12.7. The highest BCUT2D eigenvalue weighted by Crippen LogP contribution is 2.33. The van der Waals surface area contributed by atoms with Crippen molar-refractivity contribution in [1.82, 2.24) is 9.55 Å². The lowest BCUT2D eigenvalue weighted by molar-refractivity contribution is 0.257. The number of rotatable bonds is 3. The zero-order valence-corrected chi connectivity index (χ0v) is 13.3. The van der Waals surface area contributed by atoms with E-state index < -0.39 is 0 Å². The Morgan fingerprint density at radius 3 is 2.67 bits per heavy atom. The first kappa shape index (κ1) is 14.5. The molecule has 1 aliphatic rings. The first-order chi connectivity index (χ1) is 10.2. The molecule has 1 saturated carbocycles. The number of benzene rings is 1. The lowest BCUT2D eigenvalue weighted by Gasteiger charge is -2.29. The number of hydrogen-bond acceptors (Lipinski definition) is 2. The summed E-state index contributed by atoms with van der Waals surface area (Å²) in [7, 11) is 0. The molecule has 4 heteroatoms. The van der Waals surface area contributed by atoms with Gasteiger partial charge in [0.1, 0.15) is 0 Å². The van der Waals surface area contributed by atoms with E-state index >= 15 is 0 Å². The molecule has 1 aromatic heterocycles. The van der Waals surface area contributed by atoms with Crippen molar-refractivity contribution in [3.05, 3.63) is 39.4 Å². The molecule has 3 rings (SSSR count). The van der Waals surface area contributed by atoms with Crippen LogP contribution in [0.15, 0.2) is 29.1 Å². The molecule has 0 unspecified atom stereocenters. The highest BCUT2D eigenvalue weighted by atomic mass is 32.1. The second-order valence-electron chi connectivity index (χ2n) is 6.11. The van der Waals surface area contributed by atoms with E-state index in [-0.39, 0.29) is 11.6 Å². The number of H-pyrrole nitrogens is 1. The number of nitrogens with one attached hydrogen (secondary N) is 1. The molecule has 1 aromatic carbocycles. The molecule has 0 radical (unpaired) electrons. The first-order valence-corrected chi connectivity index (χ1v) is 8.35. The van der Waals surface area contributed by atoms with Crippen molar-refractivity contribution in [2.45, 2.75) is 51.5 Å². The summed E-state index contributed by atoms with van der Waals surface area (Å²) >= 11 is 5.44. The fourth-order valence-electron chi connectivity index (χ4n) is 3.61. The minimum Gasteiger partial charge on any atom is -0.332 e. The largest absolute Gasteiger partial charge is 0.332 e. The standard InChI is InChI=1S/C17H22N2OS/c1-2-5-12-8-10-13(11-9-12)19-16(20)14-6-3-4-7-15(14)18-17(19)21/h3-4,6-7,12-13H,2,5,8-11H2,1H3,(H,18,21). The van der Waals surface area contributed by atoms with Gasteiger partial charge in [-0.2, -0.15) is 0 Å². The Bertz CT molecular complexity index is 738. The quantitative estimate of drug-likeness (QED) is 0.842. The Hall–Kier alpha value is -1.42. The molecule has 0 atom stereocenters. The molecule has 0 saturated heterocycles. The summed E-state index contributed by atoms with van der Waals surface area (Å²) in [6.45, 7) is 2.25. The fraction of sp³-hybridized carbons (Fsp3) is 0.529. The minimum absolute atomic E-state index is 0.0632. The van der Waals surface area contributed by atoms with Gasteiger partial charge in [-0.25, -0.2) is 0 Å². The third-order valence-corrected chi connectivity index (χ3v) is 5.01. The summed E-state index contributed by atoms with van der Waals surface area (Å²) in [5.41, 5.74) is 0.900. The lowest BCUT2D eigenvalue weighted by Crippen LogP contribution is -2.29. The second kappa shape index (κ2) is 6.14. The van der Waals surface area contributed by atoms with Crippen molar-refractivity contribution >= 4 is 23.1 Å². The maximum Gasteiger partial charge on any atom is 0.262 e. The Morgan fingerprint density at radius 1 is 1.24 bits per heavy atom. The fourth-order valence-corrected chi connectivity index (χ4v) is 3.95. The summed E-state index contributed by atoms with van der Waals surface area (Å²) in [5.74, 6) is 0.833. The van der Waals surface area contributed by atoms with E-state index in [4.69, 9.17) is 12.2 Å². The van der Waals surface area contributed by atoms with Gasteiger partial charge in [-0.15, -0.1) is 0 Å². The van der Waals surface area contributed by atoms with Gasteiger partial charge in [-0.1, -0.05) is 31.9 Å². The van der Waals surface area contributed by atoms with E-state index in [0.717, 1.165) is 29.7 Å². The van der Waals surface area contributed by atoms with Crippen LogP contribution in [0.2, 0.25) is 0 Å². The van der Waals surface area contributed by atoms with Crippen molar-refractivity contribution in [3.63, 3.8) is 0 Å². The zero-order chi connectivity index (χ0) is 14.8. The summed E-state index contributed by atoms with van der Waals surface area (Å²) in [6.07, 6.45) is 7.14. The van der Waals surface area contributed by atoms with Crippen LogP contribution < -0.4 is 5.56 Å². The normalized spacial score (nSPS) is 22.5. The third-order valence-electron chi connectivity index (χ3n) is 4.72. The van der Waals surface area contributed by atoms with Gasteiger partial charge >= 0.3 is 0 Å². The molecule has 2 aromatic rings. The molecular formula is C17H22N2OS. The molecule has 0 spiro atoms. The predicted molar refractivity (Wildman–Crippen MR) is 89.3 cm³/mol. The Morgan fingerprint density at radius 2 is 1.95 bits per heavy atom. The lowest BCUT2D eigenvalue weighted by atomic mass is 9.83. The number of nitrogens with zero attached hydrogens (tertiary/aromatic N) is 1. The Kier molecular flexibility index (Phi) is 4.24. The molecule has 1 fully saturated rings. The van der Waals surface area contributed by atoms with Crippen molar-refractivity contribution in [2.75, 3.05) is 0 Å². The van der Waals surface area contributed by atoms with Gasteiger partial charge < -0.3 is 4.98 Å². The SMILES string of the molecule is CCCC1CCC(n2c(=S)[nH]c3ccccc3c2=O)CC1. The van der Waals surface area contributed by atoms with Crippen LogP contribution in [0.1, 0.15) is 51.5 Å². The number of aromatic amines is 1. The molecule has 21 heavy (non-hydrogen) atoms. The number of fused-ring (bicyclic) bond motifs is 1. The van der Waals surface area contributed by atoms with Crippen molar-refractivity contribution in [3.8, 4) is 0 Å². The van der Waals surface area contributed by atoms with Crippen molar-refractivity contribution in [2.24, 2.45) is 5.92 Å². The van der Waals surface area contributed by atoms with E-state index in [2.05, 4.69) is 11.9 Å². The molecule has 0 bridgehead atoms. The second-order valence-corrected chi connectivity index (χ2v) is 6.50. The summed E-state index contributed by atoms with van der Waals surface area (Å²) < 4.78 is 2.39. The van der Waals surface area contributed by atoms with Gasteiger partial charge in [0.15, 0.2) is 4.77 Å². The van der Waals surface area contributed by atoms with Crippen LogP contribution >= 0.6 is 12.2 Å². The molecular weight excluding hydrogens is 280 g/mol. The average molecular weight is 302 g/mol. The van der Waals surface area contributed by atoms with Crippen LogP contribution in [0, 0.1) is 10.7 Å². The van der Waals surface area contributed by atoms with Crippen LogP contribution in [0.3, 0.4) is 0 Å². The summed E-state index contributed by atoms with van der Waals surface area (Å²) in [6, 6.07) is 7.88. The van der Waals surface area contributed by atoms with Crippen molar-refractivity contribution in [1.29, 1.82) is 0 Å². The topological polar surface area (TPSA) is 37.8 Å². The van der Waals surface area contributed by atoms with Crippen LogP contribution in [0.25, 0.3) is 10.9 Å². The van der Waals surface area contributed by atoms with Crippen LogP contribution in [0.4, 0.5) is 0 Å². The average Bonchev–Trinajstić information content (AvgIpc) is 2.49. The zero-order valence-electron chi connectivity index (χ0n) is 12.5. The number of para-hydroxylation sites is 1. The van der Waals surface area contributed by atoms with Gasteiger partial charge in [0.2, 0.25) is 0 Å². The number of hydrogen-bond donors (Lipinski definition) is 1. The number of aromatic nitrogens is 2. The van der Waals surface area contributed by atoms with Crippen LogP contribution in [-0.2, 0) is 0 Å². The molecule has 112 valence electrons. The Labute approximate surface area is 130 Å². The van der Waals surface area contributed by atoms with E-state index in [1.165, 1.54) is 25.7 Å². The van der Waals surface area contributed by atoms with E-state index in [9.17, 15) is 4.79 Å². The highest BCUT2D eigenvalue weighted by Gasteiger charge is 2.23. The predicted octanol–water partition coefficient (Wildman–Crippen LogP) is 4.59. The van der Waals surface area contributed by atoms with Gasteiger partial charge in [0.25, 0.3) is 5.56 Å². The van der Waals surface area contributed by atoms with Crippen molar-refractivity contribution < 1.29 is 0 Å². The molecule has 3 nitrogen and oxygen atoms in total. The van der Waals surface area contributed by atoms with Crippen LogP contribution in [-0.4, -0.2) is 9.55 Å². The first-order valence-electron chi connectivity index (χ1n) is 7.94. The van der Waals surface area contributed by atoms with E-state index in [0.29, 0.717) is 4.77 Å². The Balaban J connectivity index is 1.95. The summed E-state index contributed by atoms with van der Waals surface area (Å²) in [4.78, 5) is 15.9. The maximum absolute atomic E-state index is 12.7. The van der Waals surface area contributed by atoms with Gasteiger partial charge in [0, 0.05) is 6.04 Å². The van der Waals surface area contributed by atoms with Gasteiger partial charge in [-0.05, 0) is 56.0 Å². The molecule has 0 aliphatic heterocycles. The molecule has 1 aliphatic carbocycles. The van der Waals surface area contributed by atoms with Gasteiger partial charge in [-0.3, -0.25) is 9.36 Å². The molecule has 0 amide bonds. The highest BCUT2D eigenvalue weighted by molar-refractivity contribution is 7.71. The van der Waals surface area contributed by atoms with Gasteiger partial charge in [0.05, 0.1) is 10.9 Å². The van der Waals surface area contributed by atoms with E-state index in [1.54, 1.807) is 0 Å². The summed E-state index contributed by atoms with van der Waals surface area (Å²) in [5, 5.41) is 0.738.